The van der Waals surface area contributed by atoms with Crippen LogP contribution in [-0.4, -0.2) is 43.6 Å². The standard InChI is InChI=1S/C22H22FNO5/c1-15(25)19(12-17-4-3-5-20-21(17)29-14-28-20)22(26)27-11-10-24(2)13-16-6-8-18(23)9-7-16/h3-9,12H,10-11,13-14H2,1-2H3/b19-12+. The number of esters is 1. The van der Waals surface area contributed by atoms with Gasteiger partial charge >= 0.3 is 5.97 Å². The fourth-order valence-corrected chi connectivity index (χ4v) is 2.88. The first-order valence-electron chi connectivity index (χ1n) is 9.15. The quantitative estimate of drug-likeness (QED) is 0.294. The predicted molar refractivity (Wildman–Crippen MR) is 105 cm³/mol. The van der Waals surface area contributed by atoms with Gasteiger partial charge in [0.1, 0.15) is 18.0 Å². The molecule has 0 aliphatic carbocycles. The summed E-state index contributed by atoms with van der Waals surface area (Å²) in [5.74, 6) is -0.305. The monoisotopic (exact) mass is 399 g/mol. The number of carbonyl (C=O) groups is 2. The van der Waals surface area contributed by atoms with E-state index in [0.717, 1.165) is 5.56 Å². The number of ketones is 1. The van der Waals surface area contributed by atoms with Gasteiger partial charge in [-0.1, -0.05) is 24.3 Å². The van der Waals surface area contributed by atoms with Crippen molar-refractivity contribution in [2.75, 3.05) is 27.0 Å². The second-order valence-electron chi connectivity index (χ2n) is 6.70. The Morgan fingerprint density at radius 2 is 1.93 bits per heavy atom. The molecule has 2 aromatic rings. The zero-order valence-corrected chi connectivity index (χ0v) is 16.3. The predicted octanol–water partition coefficient (Wildman–Crippen LogP) is 3.20. The molecule has 3 rings (SSSR count). The lowest BCUT2D eigenvalue weighted by Gasteiger charge is -2.16. The Bertz CT molecular complexity index is 923. The Hall–Kier alpha value is -3.19. The molecule has 152 valence electrons. The molecule has 0 atom stereocenters. The van der Waals surface area contributed by atoms with E-state index in [-0.39, 0.29) is 24.8 Å². The first-order chi connectivity index (χ1) is 13.9. The lowest BCUT2D eigenvalue weighted by molar-refractivity contribution is -0.140. The molecule has 0 saturated carbocycles. The van der Waals surface area contributed by atoms with E-state index in [1.165, 1.54) is 25.1 Å². The summed E-state index contributed by atoms with van der Waals surface area (Å²) in [7, 11) is 1.86. The molecular formula is C22H22FNO5. The van der Waals surface area contributed by atoms with Crippen molar-refractivity contribution in [2.24, 2.45) is 0 Å². The summed E-state index contributed by atoms with van der Waals surface area (Å²) in [5, 5.41) is 0. The topological polar surface area (TPSA) is 65.1 Å². The number of benzene rings is 2. The van der Waals surface area contributed by atoms with Crippen molar-refractivity contribution >= 4 is 17.8 Å². The normalized spacial score (nSPS) is 12.9. The maximum atomic E-state index is 13.0. The fraction of sp³-hybridized carbons (Fsp3) is 0.273. The van der Waals surface area contributed by atoms with E-state index in [9.17, 15) is 14.0 Å². The van der Waals surface area contributed by atoms with Gasteiger partial charge in [0.25, 0.3) is 0 Å². The van der Waals surface area contributed by atoms with Crippen molar-refractivity contribution in [1.82, 2.24) is 4.90 Å². The molecule has 0 amide bonds. The molecule has 0 N–H and O–H groups in total. The number of hydrogen-bond acceptors (Lipinski definition) is 6. The van der Waals surface area contributed by atoms with Crippen molar-refractivity contribution < 1.29 is 28.2 Å². The summed E-state index contributed by atoms with van der Waals surface area (Å²) in [6.07, 6.45) is 1.46. The van der Waals surface area contributed by atoms with Gasteiger partial charge in [0.15, 0.2) is 17.3 Å². The van der Waals surface area contributed by atoms with Gasteiger partial charge in [-0.2, -0.15) is 0 Å². The van der Waals surface area contributed by atoms with Crippen molar-refractivity contribution in [1.29, 1.82) is 0 Å². The summed E-state index contributed by atoms with van der Waals surface area (Å²) in [4.78, 5) is 26.3. The molecule has 0 radical (unpaired) electrons. The minimum atomic E-state index is -0.691. The highest BCUT2D eigenvalue weighted by Gasteiger charge is 2.21. The van der Waals surface area contributed by atoms with Crippen LogP contribution in [0.1, 0.15) is 18.1 Å². The van der Waals surface area contributed by atoms with Crippen LogP contribution in [-0.2, 0) is 20.9 Å². The molecule has 2 aromatic carbocycles. The Balaban J connectivity index is 1.58. The third-order valence-electron chi connectivity index (χ3n) is 4.40. The van der Waals surface area contributed by atoms with Crippen LogP contribution in [0, 0.1) is 5.82 Å². The van der Waals surface area contributed by atoms with Gasteiger partial charge in [0.05, 0.1) is 0 Å². The van der Waals surface area contributed by atoms with Crippen LogP contribution in [0.5, 0.6) is 11.5 Å². The summed E-state index contributed by atoms with van der Waals surface area (Å²) < 4.78 is 29.0. The molecular weight excluding hydrogens is 377 g/mol. The molecule has 29 heavy (non-hydrogen) atoms. The van der Waals surface area contributed by atoms with Crippen molar-refractivity contribution in [3.05, 3.63) is 65.0 Å². The van der Waals surface area contributed by atoms with E-state index < -0.39 is 11.8 Å². The molecule has 1 heterocycles. The first-order valence-corrected chi connectivity index (χ1v) is 9.15. The molecule has 1 aliphatic heterocycles. The van der Waals surface area contributed by atoms with Crippen LogP contribution in [0.4, 0.5) is 4.39 Å². The maximum absolute atomic E-state index is 13.0. The van der Waals surface area contributed by atoms with Crippen LogP contribution < -0.4 is 9.47 Å². The Labute approximate surface area is 168 Å². The van der Waals surface area contributed by atoms with Crippen molar-refractivity contribution in [3.63, 3.8) is 0 Å². The second-order valence-corrected chi connectivity index (χ2v) is 6.70. The first kappa shape index (κ1) is 20.5. The molecule has 1 aliphatic rings. The van der Waals surface area contributed by atoms with Gasteiger partial charge < -0.3 is 14.2 Å². The Morgan fingerprint density at radius 1 is 1.17 bits per heavy atom. The Morgan fingerprint density at radius 3 is 2.66 bits per heavy atom. The van der Waals surface area contributed by atoms with Crippen LogP contribution in [0.2, 0.25) is 0 Å². The van der Waals surface area contributed by atoms with Gasteiger partial charge in [0.2, 0.25) is 6.79 Å². The summed E-state index contributed by atoms with van der Waals surface area (Å²) in [6, 6.07) is 11.5. The van der Waals surface area contributed by atoms with Crippen LogP contribution in [0.25, 0.3) is 6.08 Å². The van der Waals surface area contributed by atoms with Gasteiger partial charge in [-0.05, 0) is 43.8 Å². The minimum absolute atomic E-state index is 0.0601. The van der Waals surface area contributed by atoms with Crippen LogP contribution in [0.3, 0.4) is 0 Å². The molecule has 0 unspecified atom stereocenters. The molecule has 6 nitrogen and oxygen atoms in total. The van der Waals surface area contributed by atoms with E-state index in [1.54, 1.807) is 30.3 Å². The number of Topliss-reactive ketones (excluding diaryl/α,β-unsaturated/α-hetero) is 1. The summed E-state index contributed by atoms with van der Waals surface area (Å²) in [5.41, 5.74) is 1.47. The average molecular weight is 399 g/mol. The third-order valence-corrected chi connectivity index (χ3v) is 4.40. The zero-order chi connectivity index (χ0) is 20.8. The smallest absolute Gasteiger partial charge is 0.341 e. The third kappa shape index (κ3) is 5.42. The fourth-order valence-electron chi connectivity index (χ4n) is 2.88. The average Bonchev–Trinajstić information content (AvgIpc) is 3.17. The number of carbonyl (C=O) groups excluding carboxylic acids is 2. The van der Waals surface area contributed by atoms with Gasteiger partial charge in [-0.3, -0.25) is 9.69 Å². The molecule has 0 aromatic heterocycles. The van der Waals surface area contributed by atoms with Gasteiger partial charge in [-0.25, -0.2) is 9.18 Å². The van der Waals surface area contributed by atoms with E-state index in [4.69, 9.17) is 14.2 Å². The number of fused-ring (bicyclic) bond motifs is 1. The SMILES string of the molecule is CC(=O)/C(=C\c1cccc2c1OCO2)C(=O)OCCN(C)Cc1ccc(F)cc1. The zero-order valence-electron chi connectivity index (χ0n) is 16.3. The number of likely N-dealkylation sites (N-methyl/N-ethyl adjacent to an activating group) is 1. The van der Waals surface area contributed by atoms with Gasteiger partial charge in [-0.15, -0.1) is 0 Å². The van der Waals surface area contributed by atoms with Gasteiger partial charge in [0, 0.05) is 18.7 Å². The Kier molecular flexibility index (Phi) is 6.61. The van der Waals surface area contributed by atoms with Crippen LogP contribution >= 0.6 is 0 Å². The van der Waals surface area contributed by atoms with E-state index in [1.807, 2.05) is 11.9 Å². The van der Waals surface area contributed by atoms with Crippen molar-refractivity contribution in [3.8, 4) is 11.5 Å². The highest BCUT2D eigenvalue weighted by atomic mass is 19.1. The molecule has 0 bridgehead atoms. The molecule has 0 saturated heterocycles. The van der Waals surface area contributed by atoms with Crippen molar-refractivity contribution in [2.45, 2.75) is 13.5 Å². The minimum Gasteiger partial charge on any atom is -0.461 e. The van der Waals surface area contributed by atoms with Crippen LogP contribution in [0.15, 0.2) is 48.0 Å². The number of nitrogens with zero attached hydrogens (tertiary/aromatic N) is 1. The number of para-hydroxylation sites is 1. The van der Waals surface area contributed by atoms with E-state index in [0.29, 0.717) is 30.2 Å². The number of rotatable bonds is 8. The largest absolute Gasteiger partial charge is 0.461 e. The number of halogens is 1. The lowest BCUT2D eigenvalue weighted by atomic mass is 10.1. The summed E-state index contributed by atoms with van der Waals surface area (Å²) in [6.45, 7) is 2.58. The highest BCUT2D eigenvalue weighted by Crippen LogP contribution is 2.36. The molecule has 0 fully saturated rings. The number of hydrogen-bond donors (Lipinski definition) is 0. The summed E-state index contributed by atoms with van der Waals surface area (Å²) >= 11 is 0. The molecule has 0 spiro atoms. The lowest BCUT2D eigenvalue weighted by Crippen LogP contribution is -2.25. The number of ether oxygens (including phenoxy) is 3. The molecule has 7 heteroatoms. The van der Waals surface area contributed by atoms with E-state index in [2.05, 4.69) is 0 Å². The van der Waals surface area contributed by atoms with E-state index >= 15 is 0 Å². The highest BCUT2D eigenvalue weighted by molar-refractivity contribution is 6.20. The second kappa shape index (κ2) is 9.34. The maximum Gasteiger partial charge on any atom is 0.341 e.